The number of carbonyl (C=O) groups is 1. The maximum absolute atomic E-state index is 13.5. The molecule has 1 aliphatic carbocycles. The van der Waals surface area contributed by atoms with Gasteiger partial charge >= 0.3 is 0 Å². The molecule has 1 aliphatic heterocycles. The van der Waals surface area contributed by atoms with Crippen LogP contribution in [0.15, 0.2) is 18.2 Å². The summed E-state index contributed by atoms with van der Waals surface area (Å²) >= 11 is 0. The normalized spacial score (nSPS) is 23.0. The van der Waals surface area contributed by atoms with Crippen molar-refractivity contribution in [2.75, 3.05) is 18.0 Å². The topological polar surface area (TPSA) is 71.2 Å². The molecule has 1 saturated heterocycles. The summed E-state index contributed by atoms with van der Waals surface area (Å²) in [5.41, 5.74) is 5.03. The van der Waals surface area contributed by atoms with Gasteiger partial charge in [0.15, 0.2) is 0 Å². The van der Waals surface area contributed by atoms with Gasteiger partial charge in [0.05, 0.1) is 12.2 Å². The molecule has 2 aliphatic rings. The fourth-order valence-corrected chi connectivity index (χ4v) is 3.07. The van der Waals surface area contributed by atoms with Gasteiger partial charge in [0.1, 0.15) is 11.2 Å². The number of rotatable bonds is 5. The number of hydrogen-bond acceptors (Lipinski definition) is 4. The third kappa shape index (κ3) is 3.15. The van der Waals surface area contributed by atoms with Gasteiger partial charge < -0.3 is 16.0 Å². The Labute approximate surface area is 134 Å². The number of anilines is 1. The monoisotopic (exact) mass is 324 g/mol. The lowest BCUT2D eigenvalue weighted by atomic mass is 9.98. The number of nitrogens with two attached hydrogens (primary N) is 1. The summed E-state index contributed by atoms with van der Waals surface area (Å²) in [6.07, 6.45) is 1.40. The quantitative estimate of drug-likeness (QED) is 0.864. The molecule has 5 nitrogen and oxygen atoms in total. The van der Waals surface area contributed by atoms with Gasteiger partial charge in [-0.25, -0.2) is 13.8 Å². The average molecular weight is 324 g/mol. The number of pyridine rings is 1. The van der Waals surface area contributed by atoms with Gasteiger partial charge in [0.2, 0.25) is 5.91 Å². The Bertz CT molecular complexity index is 598. The van der Waals surface area contributed by atoms with Crippen molar-refractivity contribution in [2.45, 2.75) is 44.7 Å². The van der Waals surface area contributed by atoms with E-state index in [1.54, 1.807) is 6.07 Å². The Kier molecular flexibility index (Phi) is 4.00. The van der Waals surface area contributed by atoms with Crippen molar-refractivity contribution in [1.82, 2.24) is 10.3 Å². The number of carbonyl (C=O) groups excluding carboxylic acids is 1. The van der Waals surface area contributed by atoms with E-state index in [2.05, 4.69) is 15.2 Å². The first kappa shape index (κ1) is 16.1. The molecule has 1 amide bonds. The minimum absolute atomic E-state index is 0.154. The smallest absolute Gasteiger partial charge is 0.259 e. The lowest BCUT2D eigenvalue weighted by Crippen LogP contribution is -2.41. The first-order chi connectivity index (χ1) is 10.8. The summed E-state index contributed by atoms with van der Waals surface area (Å²) in [4.78, 5) is 18.7. The number of nitrogens with zero attached hydrogens (tertiary/aromatic N) is 2. The molecule has 0 bridgehead atoms. The second-order valence-corrected chi connectivity index (χ2v) is 6.64. The summed E-state index contributed by atoms with van der Waals surface area (Å²) in [5, 5.41) is 2.61. The minimum atomic E-state index is -2.99. The van der Waals surface area contributed by atoms with Gasteiger partial charge in [-0.05, 0) is 31.4 Å². The van der Waals surface area contributed by atoms with E-state index in [1.165, 1.54) is 0 Å². The third-order valence-corrected chi connectivity index (χ3v) is 4.80. The first-order valence-corrected chi connectivity index (χ1v) is 7.94. The molecule has 3 rings (SSSR count). The Balaban J connectivity index is 1.62. The van der Waals surface area contributed by atoms with Crippen LogP contribution >= 0.6 is 0 Å². The standard InChI is InChI=1S/C16H22F2N4O/c1-15(17,18)16(6-7-16)14(23)20-9-12-3-2-4-13(21-12)22-8-5-11(19)10-22/h2-4,11H,5-10,19H2,1H3,(H,20,23). The zero-order valence-electron chi connectivity index (χ0n) is 13.2. The maximum Gasteiger partial charge on any atom is 0.259 e. The second-order valence-electron chi connectivity index (χ2n) is 6.64. The van der Waals surface area contributed by atoms with Crippen LogP contribution in [0.25, 0.3) is 0 Å². The Hall–Kier alpha value is -1.76. The van der Waals surface area contributed by atoms with Gasteiger partial charge in [-0.15, -0.1) is 0 Å². The number of alkyl halides is 2. The molecule has 7 heteroatoms. The zero-order chi connectivity index (χ0) is 16.7. The SMILES string of the molecule is CC(F)(F)C1(C(=O)NCc2cccc(N3CCC(N)C3)n2)CC1. The van der Waals surface area contributed by atoms with E-state index >= 15 is 0 Å². The third-order valence-electron chi connectivity index (χ3n) is 4.80. The van der Waals surface area contributed by atoms with Crippen LogP contribution in [-0.2, 0) is 11.3 Å². The van der Waals surface area contributed by atoms with Crippen molar-refractivity contribution in [3.63, 3.8) is 0 Å². The molecular weight excluding hydrogens is 302 g/mol. The van der Waals surface area contributed by atoms with Crippen LogP contribution in [0.3, 0.4) is 0 Å². The molecule has 0 spiro atoms. The van der Waals surface area contributed by atoms with Crippen LogP contribution in [0.5, 0.6) is 0 Å². The number of halogens is 2. The molecule has 1 saturated carbocycles. The van der Waals surface area contributed by atoms with Crippen molar-refractivity contribution in [3.05, 3.63) is 23.9 Å². The lowest BCUT2D eigenvalue weighted by molar-refractivity contribution is -0.141. The zero-order valence-corrected chi connectivity index (χ0v) is 13.2. The van der Waals surface area contributed by atoms with E-state index in [4.69, 9.17) is 5.73 Å². The summed E-state index contributed by atoms with van der Waals surface area (Å²) in [6, 6.07) is 5.69. The largest absolute Gasteiger partial charge is 0.355 e. The minimum Gasteiger partial charge on any atom is -0.355 e. The van der Waals surface area contributed by atoms with Gasteiger partial charge in [-0.1, -0.05) is 6.07 Å². The van der Waals surface area contributed by atoms with Crippen molar-refractivity contribution in [2.24, 2.45) is 11.1 Å². The molecule has 1 atom stereocenters. The number of nitrogens with one attached hydrogen (secondary N) is 1. The molecule has 0 radical (unpaired) electrons. The van der Waals surface area contributed by atoms with E-state index < -0.39 is 17.2 Å². The molecular formula is C16H22F2N4O. The van der Waals surface area contributed by atoms with Gasteiger partial charge in [0.25, 0.3) is 5.92 Å². The van der Waals surface area contributed by atoms with Crippen LogP contribution in [0.4, 0.5) is 14.6 Å². The van der Waals surface area contributed by atoms with Crippen LogP contribution < -0.4 is 16.0 Å². The molecule has 2 fully saturated rings. The highest BCUT2D eigenvalue weighted by Crippen LogP contribution is 2.56. The number of hydrogen-bond donors (Lipinski definition) is 2. The van der Waals surface area contributed by atoms with E-state index in [-0.39, 0.29) is 25.4 Å². The van der Waals surface area contributed by atoms with Crippen LogP contribution in [0.2, 0.25) is 0 Å². The lowest BCUT2D eigenvalue weighted by Gasteiger charge is -2.22. The summed E-state index contributed by atoms with van der Waals surface area (Å²) in [6.45, 7) is 2.59. The predicted octanol–water partition coefficient (Wildman–Crippen LogP) is 1.67. The van der Waals surface area contributed by atoms with Crippen molar-refractivity contribution in [1.29, 1.82) is 0 Å². The molecule has 23 heavy (non-hydrogen) atoms. The fraction of sp³-hybridized carbons (Fsp3) is 0.625. The van der Waals surface area contributed by atoms with Crippen LogP contribution in [0.1, 0.15) is 31.9 Å². The van der Waals surface area contributed by atoms with Crippen molar-refractivity contribution >= 4 is 11.7 Å². The van der Waals surface area contributed by atoms with Crippen molar-refractivity contribution < 1.29 is 13.6 Å². The first-order valence-electron chi connectivity index (χ1n) is 7.94. The van der Waals surface area contributed by atoms with Gasteiger partial charge in [-0.2, -0.15) is 0 Å². The molecule has 1 aromatic heterocycles. The highest BCUT2D eigenvalue weighted by atomic mass is 19.3. The molecule has 0 aromatic carbocycles. The number of amides is 1. The van der Waals surface area contributed by atoms with E-state index in [9.17, 15) is 13.6 Å². The highest BCUT2D eigenvalue weighted by Gasteiger charge is 2.64. The Morgan fingerprint density at radius 3 is 2.83 bits per heavy atom. The van der Waals surface area contributed by atoms with E-state index in [1.807, 2.05) is 12.1 Å². The van der Waals surface area contributed by atoms with Crippen molar-refractivity contribution in [3.8, 4) is 0 Å². The predicted molar refractivity (Wildman–Crippen MR) is 83.2 cm³/mol. The van der Waals surface area contributed by atoms with Gasteiger partial charge in [0, 0.05) is 26.1 Å². The average Bonchev–Trinajstić information content (AvgIpc) is 3.22. The fourth-order valence-electron chi connectivity index (χ4n) is 3.07. The summed E-state index contributed by atoms with van der Waals surface area (Å²) in [5.74, 6) is -2.76. The van der Waals surface area contributed by atoms with Gasteiger partial charge in [-0.3, -0.25) is 4.79 Å². The number of aromatic nitrogens is 1. The Morgan fingerprint density at radius 1 is 1.52 bits per heavy atom. The summed E-state index contributed by atoms with van der Waals surface area (Å²) in [7, 11) is 0. The highest BCUT2D eigenvalue weighted by molar-refractivity contribution is 5.86. The summed E-state index contributed by atoms with van der Waals surface area (Å²) < 4.78 is 27.1. The molecule has 2 heterocycles. The van der Waals surface area contributed by atoms with E-state index in [0.717, 1.165) is 32.3 Å². The molecule has 3 N–H and O–H groups in total. The maximum atomic E-state index is 13.5. The van der Waals surface area contributed by atoms with Crippen LogP contribution in [-0.4, -0.2) is 35.9 Å². The second kappa shape index (κ2) is 5.70. The van der Waals surface area contributed by atoms with E-state index in [0.29, 0.717) is 5.69 Å². The molecule has 126 valence electrons. The Morgan fingerprint density at radius 2 is 2.26 bits per heavy atom. The van der Waals surface area contributed by atoms with Crippen LogP contribution in [0, 0.1) is 5.41 Å². The molecule has 1 unspecified atom stereocenters. The molecule has 1 aromatic rings.